The molecule has 0 aliphatic carbocycles. The van der Waals surface area contributed by atoms with Crippen LogP contribution in [0.1, 0.15) is 48.4 Å². The fourth-order valence-electron chi connectivity index (χ4n) is 4.34. The number of likely N-dealkylation sites (tertiary alicyclic amines) is 1. The molecule has 5 heteroatoms. The molecule has 0 radical (unpaired) electrons. The minimum absolute atomic E-state index is 0.00697. The number of ether oxygens (including phenoxy) is 1. The van der Waals surface area contributed by atoms with E-state index in [1.165, 1.54) is 5.56 Å². The second-order valence-corrected chi connectivity index (χ2v) is 8.37. The number of hydrogen-bond donors (Lipinski definition) is 1. The lowest BCUT2D eigenvalue weighted by Crippen LogP contribution is -2.46. The van der Waals surface area contributed by atoms with Gasteiger partial charge < -0.3 is 15.0 Å². The number of carbonyl (C=O) groups excluding carboxylic acids is 2. The van der Waals surface area contributed by atoms with E-state index in [9.17, 15) is 9.59 Å². The van der Waals surface area contributed by atoms with Crippen molar-refractivity contribution < 1.29 is 14.3 Å². The number of hydrogen-bond acceptors (Lipinski definition) is 3. The van der Waals surface area contributed by atoms with E-state index in [1.54, 1.807) is 4.90 Å². The number of amides is 2. The van der Waals surface area contributed by atoms with Crippen LogP contribution in [0.15, 0.2) is 48.5 Å². The van der Waals surface area contributed by atoms with Crippen molar-refractivity contribution in [2.75, 3.05) is 13.6 Å². The molecule has 29 heavy (non-hydrogen) atoms. The molecule has 152 valence electrons. The normalized spacial score (nSPS) is 23.9. The van der Waals surface area contributed by atoms with Crippen LogP contribution in [0.4, 0.5) is 0 Å². The molecule has 1 N–H and O–H groups in total. The summed E-state index contributed by atoms with van der Waals surface area (Å²) in [7, 11) is 1.85. The van der Waals surface area contributed by atoms with E-state index in [2.05, 4.69) is 5.32 Å². The smallest absolute Gasteiger partial charge is 0.224 e. The van der Waals surface area contributed by atoms with Gasteiger partial charge in [0.05, 0.1) is 12.5 Å². The molecule has 1 saturated heterocycles. The molecule has 0 bridgehead atoms. The van der Waals surface area contributed by atoms with Crippen molar-refractivity contribution in [2.24, 2.45) is 0 Å². The Balaban J connectivity index is 1.54. The van der Waals surface area contributed by atoms with Crippen LogP contribution in [-0.2, 0) is 16.0 Å². The minimum Gasteiger partial charge on any atom is -0.487 e. The van der Waals surface area contributed by atoms with Crippen molar-refractivity contribution in [1.29, 1.82) is 0 Å². The van der Waals surface area contributed by atoms with Crippen LogP contribution in [0.2, 0.25) is 0 Å². The molecule has 2 atom stereocenters. The Bertz CT molecular complexity index is 909. The SMILES string of the molecule is Cc1ccc(CC(=O)NC2CC3(CCC(=O)N(C)CC3)Oc3ccccc32)cc1. The molecule has 0 saturated carbocycles. The topological polar surface area (TPSA) is 58.6 Å². The molecule has 1 fully saturated rings. The van der Waals surface area contributed by atoms with Gasteiger partial charge in [-0.3, -0.25) is 9.59 Å². The van der Waals surface area contributed by atoms with Gasteiger partial charge in [0.1, 0.15) is 11.4 Å². The quantitative estimate of drug-likeness (QED) is 0.869. The lowest BCUT2D eigenvalue weighted by Gasteiger charge is -2.42. The fraction of sp³-hybridized carbons (Fsp3) is 0.417. The Kier molecular flexibility index (Phi) is 5.31. The Morgan fingerprint density at radius 3 is 2.72 bits per heavy atom. The van der Waals surface area contributed by atoms with Crippen molar-refractivity contribution in [3.05, 3.63) is 65.2 Å². The number of nitrogens with one attached hydrogen (secondary N) is 1. The van der Waals surface area contributed by atoms with Crippen LogP contribution in [0.25, 0.3) is 0 Å². The number of carbonyl (C=O) groups is 2. The zero-order chi connectivity index (χ0) is 20.4. The van der Waals surface area contributed by atoms with Gasteiger partial charge in [0.2, 0.25) is 11.8 Å². The Hall–Kier alpha value is -2.82. The lowest BCUT2D eigenvalue weighted by atomic mass is 9.82. The van der Waals surface area contributed by atoms with E-state index in [4.69, 9.17) is 4.74 Å². The third-order valence-corrected chi connectivity index (χ3v) is 6.14. The third-order valence-electron chi connectivity index (χ3n) is 6.14. The molecule has 2 aliphatic heterocycles. The van der Waals surface area contributed by atoms with Crippen LogP contribution >= 0.6 is 0 Å². The van der Waals surface area contributed by atoms with Gasteiger partial charge in [-0.05, 0) is 25.0 Å². The summed E-state index contributed by atoms with van der Waals surface area (Å²) < 4.78 is 6.45. The van der Waals surface area contributed by atoms with Crippen LogP contribution in [0.3, 0.4) is 0 Å². The van der Waals surface area contributed by atoms with E-state index >= 15 is 0 Å². The molecule has 0 aromatic heterocycles. The van der Waals surface area contributed by atoms with E-state index in [-0.39, 0.29) is 17.9 Å². The van der Waals surface area contributed by atoms with Crippen molar-refractivity contribution in [3.63, 3.8) is 0 Å². The zero-order valence-electron chi connectivity index (χ0n) is 17.1. The molecule has 2 amide bonds. The summed E-state index contributed by atoms with van der Waals surface area (Å²) >= 11 is 0. The summed E-state index contributed by atoms with van der Waals surface area (Å²) in [6.45, 7) is 2.71. The van der Waals surface area contributed by atoms with Gasteiger partial charge in [0.15, 0.2) is 0 Å². The van der Waals surface area contributed by atoms with Gasteiger partial charge >= 0.3 is 0 Å². The van der Waals surface area contributed by atoms with Gasteiger partial charge in [-0.15, -0.1) is 0 Å². The summed E-state index contributed by atoms with van der Waals surface area (Å²) in [6, 6.07) is 15.9. The Morgan fingerprint density at radius 2 is 1.93 bits per heavy atom. The summed E-state index contributed by atoms with van der Waals surface area (Å²) in [5.41, 5.74) is 2.78. The Morgan fingerprint density at radius 1 is 1.17 bits per heavy atom. The van der Waals surface area contributed by atoms with Gasteiger partial charge in [-0.1, -0.05) is 48.0 Å². The van der Waals surface area contributed by atoms with Crippen LogP contribution < -0.4 is 10.1 Å². The maximum Gasteiger partial charge on any atom is 0.224 e. The van der Waals surface area contributed by atoms with Crippen molar-refractivity contribution in [3.8, 4) is 5.75 Å². The first kappa shape index (κ1) is 19.5. The molecule has 2 aromatic carbocycles. The molecule has 2 unspecified atom stereocenters. The monoisotopic (exact) mass is 392 g/mol. The zero-order valence-corrected chi connectivity index (χ0v) is 17.1. The average molecular weight is 392 g/mol. The third kappa shape index (κ3) is 4.29. The second kappa shape index (κ2) is 7.90. The lowest BCUT2D eigenvalue weighted by molar-refractivity contribution is -0.129. The summed E-state index contributed by atoms with van der Waals surface area (Å²) in [4.78, 5) is 26.8. The number of benzene rings is 2. The minimum atomic E-state index is -0.420. The predicted molar refractivity (Wildman–Crippen MR) is 112 cm³/mol. The summed E-state index contributed by atoms with van der Waals surface area (Å²) in [5.74, 6) is 0.980. The second-order valence-electron chi connectivity index (χ2n) is 8.37. The molecular formula is C24H28N2O3. The molecule has 4 rings (SSSR count). The largest absolute Gasteiger partial charge is 0.487 e. The molecule has 1 spiro atoms. The maximum atomic E-state index is 12.8. The molecule has 2 aliphatic rings. The van der Waals surface area contributed by atoms with Crippen molar-refractivity contribution in [2.45, 2.75) is 50.7 Å². The Labute approximate surface area is 172 Å². The number of aryl methyl sites for hydroxylation is 1. The number of fused-ring (bicyclic) bond motifs is 1. The highest BCUT2D eigenvalue weighted by Crippen LogP contribution is 2.44. The molecular weight excluding hydrogens is 364 g/mol. The highest BCUT2D eigenvalue weighted by atomic mass is 16.5. The summed E-state index contributed by atoms with van der Waals surface area (Å²) in [5, 5.41) is 3.24. The standard InChI is InChI=1S/C24H28N2O3/c1-17-7-9-18(10-8-17)15-22(27)25-20-16-24(12-11-23(28)26(2)14-13-24)29-21-6-4-3-5-19(20)21/h3-10,20H,11-16H2,1-2H3,(H,25,27). The number of rotatable bonds is 3. The van der Waals surface area contributed by atoms with Crippen molar-refractivity contribution >= 4 is 11.8 Å². The molecule has 2 aromatic rings. The van der Waals surface area contributed by atoms with Crippen LogP contribution in [0, 0.1) is 6.92 Å². The van der Waals surface area contributed by atoms with Gasteiger partial charge in [-0.2, -0.15) is 0 Å². The maximum absolute atomic E-state index is 12.8. The first-order chi connectivity index (χ1) is 13.9. The van der Waals surface area contributed by atoms with Gasteiger partial charge in [0.25, 0.3) is 0 Å². The molecule has 2 heterocycles. The van der Waals surface area contributed by atoms with E-state index in [1.807, 2.05) is 62.5 Å². The van der Waals surface area contributed by atoms with E-state index in [0.717, 1.165) is 23.3 Å². The van der Waals surface area contributed by atoms with E-state index < -0.39 is 5.60 Å². The van der Waals surface area contributed by atoms with Gasteiger partial charge in [0, 0.05) is 38.4 Å². The fourth-order valence-corrected chi connectivity index (χ4v) is 4.34. The molecule has 5 nitrogen and oxygen atoms in total. The van der Waals surface area contributed by atoms with Crippen molar-refractivity contribution in [1.82, 2.24) is 10.2 Å². The highest BCUT2D eigenvalue weighted by Gasteiger charge is 2.43. The number of nitrogens with zero attached hydrogens (tertiary/aromatic N) is 1. The van der Waals surface area contributed by atoms with Gasteiger partial charge in [-0.25, -0.2) is 0 Å². The first-order valence-electron chi connectivity index (χ1n) is 10.3. The highest BCUT2D eigenvalue weighted by molar-refractivity contribution is 5.79. The van der Waals surface area contributed by atoms with Crippen LogP contribution in [0.5, 0.6) is 5.75 Å². The van der Waals surface area contributed by atoms with E-state index in [0.29, 0.717) is 32.2 Å². The van der Waals surface area contributed by atoms with Crippen LogP contribution in [-0.4, -0.2) is 35.9 Å². The number of para-hydroxylation sites is 1. The first-order valence-corrected chi connectivity index (χ1v) is 10.3. The predicted octanol–water partition coefficient (Wildman–Crippen LogP) is 3.56. The average Bonchev–Trinajstić information content (AvgIpc) is 2.84. The summed E-state index contributed by atoms with van der Waals surface area (Å²) in [6.07, 6.45) is 2.96.